The van der Waals surface area contributed by atoms with Crippen LogP contribution in [0.5, 0.6) is 0 Å². The molecule has 2 rings (SSSR count). The van der Waals surface area contributed by atoms with E-state index in [2.05, 4.69) is 15.5 Å². The van der Waals surface area contributed by atoms with Crippen molar-refractivity contribution in [3.63, 3.8) is 0 Å². The minimum absolute atomic E-state index is 0.0783. The number of nitrogen functional groups attached to an aromatic ring is 1. The van der Waals surface area contributed by atoms with Crippen LogP contribution in [0.25, 0.3) is 0 Å². The molecule has 5 nitrogen and oxygen atoms in total. The fraction of sp³-hybridized carbons (Fsp3) is 0.0909. The van der Waals surface area contributed by atoms with Crippen LogP contribution in [0.3, 0.4) is 0 Å². The summed E-state index contributed by atoms with van der Waals surface area (Å²) in [5, 5.41) is 8.56. The van der Waals surface area contributed by atoms with E-state index < -0.39 is 17.5 Å². The summed E-state index contributed by atoms with van der Waals surface area (Å²) in [7, 11) is 0. The monoisotopic (exact) mass is 252 g/mol. The van der Waals surface area contributed by atoms with E-state index in [4.69, 9.17) is 5.73 Å². The summed E-state index contributed by atoms with van der Waals surface area (Å²) in [4.78, 5) is 11.6. The first-order valence-electron chi connectivity index (χ1n) is 5.09. The molecule has 94 valence electrons. The number of nitrogens with one attached hydrogen (secondary N) is 2. The molecular weight excluding hydrogens is 242 g/mol. The number of rotatable bonds is 3. The van der Waals surface area contributed by atoms with Crippen molar-refractivity contribution in [2.24, 2.45) is 0 Å². The summed E-state index contributed by atoms with van der Waals surface area (Å²) in [6, 6.07) is 4.79. The van der Waals surface area contributed by atoms with E-state index in [0.29, 0.717) is 5.56 Å². The fourth-order valence-electron chi connectivity index (χ4n) is 1.38. The smallest absolute Gasteiger partial charge is 0.269 e. The Morgan fingerprint density at radius 3 is 2.72 bits per heavy atom. The summed E-state index contributed by atoms with van der Waals surface area (Å²) in [6.07, 6.45) is 0. The van der Waals surface area contributed by atoms with Gasteiger partial charge in [-0.1, -0.05) is 6.07 Å². The predicted molar refractivity (Wildman–Crippen MR) is 60.5 cm³/mol. The molecule has 4 N–H and O–H groups in total. The van der Waals surface area contributed by atoms with Gasteiger partial charge in [0.2, 0.25) is 0 Å². The number of benzene rings is 1. The third-order valence-electron chi connectivity index (χ3n) is 2.28. The third-order valence-corrected chi connectivity index (χ3v) is 2.28. The van der Waals surface area contributed by atoms with Gasteiger partial charge < -0.3 is 11.1 Å². The van der Waals surface area contributed by atoms with Crippen molar-refractivity contribution >= 4 is 11.7 Å². The zero-order valence-electron chi connectivity index (χ0n) is 9.21. The highest BCUT2D eigenvalue weighted by molar-refractivity contribution is 5.92. The number of hydrogen-bond donors (Lipinski definition) is 3. The average molecular weight is 252 g/mol. The molecule has 0 fully saturated rings. The SMILES string of the molecule is Nc1cc(C(=O)NCc2ccc(F)c(F)c2)[nH]n1. The first-order valence-corrected chi connectivity index (χ1v) is 5.09. The zero-order chi connectivity index (χ0) is 13.1. The topological polar surface area (TPSA) is 83.8 Å². The molecule has 0 spiro atoms. The summed E-state index contributed by atoms with van der Waals surface area (Å²) >= 11 is 0. The van der Waals surface area contributed by atoms with Crippen molar-refractivity contribution in [3.8, 4) is 0 Å². The molecule has 7 heteroatoms. The molecule has 0 aliphatic rings. The first kappa shape index (κ1) is 12.0. The minimum Gasteiger partial charge on any atom is -0.382 e. The van der Waals surface area contributed by atoms with E-state index in [9.17, 15) is 13.6 Å². The number of hydrogen-bond acceptors (Lipinski definition) is 3. The van der Waals surface area contributed by atoms with E-state index >= 15 is 0 Å². The molecule has 0 atom stereocenters. The van der Waals surface area contributed by atoms with Crippen molar-refractivity contribution in [3.05, 3.63) is 47.2 Å². The van der Waals surface area contributed by atoms with E-state index in [0.717, 1.165) is 12.1 Å². The average Bonchev–Trinajstić information content (AvgIpc) is 2.77. The maximum Gasteiger partial charge on any atom is 0.269 e. The zero-order valence-corrected chi connectivity index (χ0v) is 9.21. The maximum atomic E-state index is 12.9. The fourth-order valence-corrected chi connectivity index (χ4v) is 1.38. The third kappa shape index (κ3) is 2.62. The van der Waals surface area contributed by atoms with Gasteiger partial charge >= 0.3 is 0 Å². The van der Waals surface area contributed by atoms with Gasteiger partial charge in [0.15, 0.2) is 11.6 Å². The van der Waals surface area contributed by atoms with Crippen LogP contribution in [0, 0.1) is 11.6 Å². The van der Waals surface area contributed by atoms with Gasteiger partial charge in [-0.15, -0.1) is 0 Å². The van der Waals surface area contributed by atoms with Gasteiger partial charge in [-0.2, -0.15) is 5.10 Å². The van der Waals surface area contributed by atoms with Crippen LogP contribution in [0.15, 0.2) is 24.3 Å². The summed E-state index contributed by atoms with van der Waals surface area (Å²) in [6.45, 7) is 0.0783. The van der Waals surface area contributed by atoms with Crippen molar-refractivity contribution in [1.29, 1.82) is 0 Å². The molecule has 0 bridgehead atoms. The maximum absolute atomic E-state index is 12.9. The van der Waals surface area contributed by atoms with Gasteiger partial charge in [-0.3, -0.25) is 9.89 Å². The van der Waals surface area contributed by atoms with Crippen LogP contribution in [-0.4, -0.2) is 16.1 Å². The number of nitrogens with two attached hydrogens (primary N) is 1. The van der Waals surface area contributed by atoms with Crippen molar-refractivity contribution < 1.29 is 13.6 Å². The lowest BCUT2D eigenvalue weighted by molar-refractivity contribution is 0.0946. The van der Waals surface area contributed by atoms with Gasteiger partial charge in [0.1, 0.15) is 11.5 Å². The molecule has 0 aliphatic heterocycles. The standard InChI is InChI=1S/C11H10F2N4O/c12-7-2-1-6(3-8(7)13)5-15-11(18)9-4-10(14)17-16-9/h1-4H,5H2,(H,15,18)(H3,14,16,17). The molecule has 0 unspecified atom stereocenters. The largest absolute Gasteiger partial charge is 0.382 e. The lowest BCUT2D eigenvalue weighted by Gasteiger charge is -2.04. The van der Waals surface area contributed by atoms with Gasteiger partial charge in [0.05, 0.1) is 0 Å². The molecule has 1 aromatic heterocycles. The number of aromatic amines is 1. The Kier molecular flexibility index (Phi) is 3.22. The number of nitrogens with zero attached hydrogens (tertiary/aromatic N) is 1. The van der Waals surface area contributed by atoms with Gasteiger partial charge in [0.25, 0.3) is 5.91 Å². The number of carbonyl (C=O) groups is 1. The molecule has 0 saturated heterocycles. The highest BCUT2D eigenvalue weighted by Crippen LogP contribution is 2.08. The molecule has 0 saturated carbocycles. The second-order valence-corrected chi connectivity index (χ2v) is 3.64. The van der Waals surface area contributed by atoms with E-state index in [1.807, 2.05) is 0 Å². The predicted octanol–water partition coefficient (Wildman–Crippen LogP) is 1.20. The quantitative estimate of drug-likeness (QED) is 0.767. The van der Waals surface area contributed by atoms with Crippen LogP contribution in [0.2, 0.25) is 0 Å². The second-order valence-electron chi connectivity index (χ2n) is 3.64. The molecule has 1 heterocycles. The highest BCUT2D eigenvalue weighted by Gasteiger charge is 2.09. The molecule has 0 radical (unpaired) electrons. The first-order chi connectivity index (χ1) is 8.56. The number of carbonyl (C=O) groups excluding carboxylic acids is 1. The van der Waals surface area contributed by atoms with Crippen molar-refractivity contribution in [1.82, 2.24) is 15.5 Å². The number of amides is 1. The minimum atomic E-state index is -0.951. The molecule has 2 aromatic rings. The number of H-pyrrole nitrogens is 1. The molecule has 1 amide bonds. The highest BCUT2D eigenvalue weighted by atomic mass is 19.2. The van der Waals surface area contributed by atoms with Crippen LogP contribution in [0.4, 0.5) is 14.6 Å². The van der Waals surface area contributed by atoms with Gasteiger partial charge in [-0.05, 0) is 17.7 Å². The van der Waals surface area contributed by atoms with E-state index in [-0.39, 0.29) is 18.1 Å². The number of anilines is 1. The molecular formula is C11H10F2N4O. The molecule has 18 heavy (non-hydrogen) atoms. The normalized spacial score (nSPS) is 10.3. The lowest BCUT2D eigenvalue weighted by Crippen LogP contribution is -2.23. The Morgan fingerprint density at radius 1 is 1.33 bits per heavy atom. The van der Waals surface area contributed by atoms with Crippen LogP contribution in [0.1, 0.15) is 16.1 Å². The van der Waals surface area contributed by atoms with Crippen LogP contribution in [-0.2, 0) is 6.54 Å². The Bertz CT molecular complexity index is 582. The van der Waals surface area contributed by atoms with Gasteiger partial charge in [-0.25, -0.2) is 8.78 Å². The van der Waals surface area contributed by atoms with Crippen molar-refractivity contribution in [2.45, 2.75) is 6.54 Å². The van der Waals surface area contributed by atoms with Crippen LogP contribution >= 0.6 is 0 Å². The Morgan fingerprint density at radius 2 is 2.11 bits per heavy atom. The molecule has 0 aliphatic carbocycles. The molecule has 1 aromatic carbocycles. The Hall–Kier alpha value is -2.44. The Labute approximate surface area is 101 Å². The lowest BCUT2D eigenvalue weighted by atomic mass is 10.2. The summed E-state index contributed by atoms with van der Waals surface area (Å²) in [5.41, 5.74) is 6.00. The summed E-state index contributed by atoms with van der Waals surface area (Å²) in [5.74, 6) is -2.10. The second kappa shape index (κ2) is 4.82. The van der Waals surface area contributed by atoms with E-state index in [1.54, 1.807) is 0 Å². The van der Waals surface area contributed by atoms with E-state index in [1.165, 1.54) is 12.1 Å². The number of halogens is 2. The van der Waals surface area contributed by atoms with Crippen molar-refractivity contribution in [2.75, 3.05) is 5.73 Å². The number of aromatic nitrogens is 2. The van der Waals surface area contributed by atoms with Gasteiger partial charge in [0, 0.05) is 12.6 Å². The summed E-state index contributed by atoms with van der Waals surface area (Å²) < 4.78 is 25.6. The Balaban J connectivity index is 1.99. The van der Waals surface area contributed by atoms with Crippen LogP contribution < -0.4 is 11.1 Å².